The summed E-state index contributed by atoms with van der Waals surface area (Å²) in [6, 6.07) is 17.1. The highest BCUT2D eigenvalue weighted by Gasteiger charge is 2.27. The zero-order valence-corrected chi connectivity index (χ0v) is 17.6. The maximum absolute atomic E-state index is 11.5. The monoisotopic (exact) mass is 480 g/mol. The Labute approximate surface area is 182 Å². The van der Waals surface area contributed by atoms with Crippen LogP contribution in [0.25, 0.3) is 11.1 Å². The Balaban J connectivity index is 0.000000258. The Bertz CT molecular complexity index is 1330. The van der Waals surface area contributed by atoms with Crippen molar-refractivity contribution >= 4 is 32.2 Å². The molecule has 0 fully saturated rings. The van der Waals surface area contributed by atoms with Crippen LogP contribution in [0.1, 0.15) is 20.7 Å². The number of carboxylic acids is 2. The van der Waals surface area contributed by atoms with Crippen LogP contribution in [0.4, 0.5) is 0 Å². The molecule has 0 aliphatic carbocycles. The van der Waals surface area contributed by atoms with E-state index in [9.17, 15) is 31.0 Å². The van der Waals surface area contributed by atoms with E-state index in [-0.39, 0.29) is 16.7 Å². The molecule has 4 N–H and O–H groups in total. The molecule has 10 nitrogen and oxygen atoms in total. The number of benzene rings is 3. The average Bonchev–Trinajstić information content (AvgIpc) is 2.73. The number of hydrogen-bond acceptors (Lipinski definition) is 6. The van der Waals surface area contributed by atoms with Gasteiger partial charge in [-0.15, -0.1) is 0 Å². The Morgan fingerprint density at radius 3 is 1.47 bits per heavy atom. The average molecular weight is 480 g/mol. The topological polar surface area (TPSA) is 183 Å². The smallest absolute Gasteiger partial charge is 0.336 e. The number of carbonyl (C=O) groups is 2. The normalized spacial score (nSPS) is 11.2. The highest BCUT2D eigenvalue weighted by molar-refractivity contribution is 7.89. The minimum absolute atomic E-state index is 0.0109. The lowest BCUT2D eigenvalue weighted by Crippen LogP contribution is -2.10. The van der Waals surface area contributed by atoms with Crippen molar-refractivity contribution in [1.29, 1.82) is 0 Å². The molecule has 0 aliphatic rings. The lowest BCUT2D eigenvalue weighted by atomic mass is 10.1. The number of hydrogen-bond donors (Lipinski definition) is 4. The van der Waals surface area contributed by atoms with E-state index >= 15 is 0 Å². The van der Waals surface area contributed by atoms with Crippen molar-refractivity contribution in [2.45, 2.75) is 9.79 Å². The maximum atomic E-state index is 11.5. The van der Waals surface area contributed by atoms with E-state index in [1.54, 1.807) is 30.3 Å². The van der Waals surface area contributed by atoms with Crippen LogP contribution >= 0.6 is 0 Å². The van der Waals surface area contributed by atoms with Crippen LogP contribution in [0.15, 0.2) is 82.6 Å². The van der Waals surface area contributed by atoms with Gasteiger partial charge in [-0.05, 0) is 23.8 Å². The van der Waals surface area contributed by atoms with Crippen LogP contribution in [0, 0.1) is 0 Å². The predicted octanol–water partition coefficient (Wildman–Crippen LogP) is 2.93. The summed E-state index contributed by atoms with van der Waals surface area (Å²) in [5.41, 5.74) is 0.00356. The van der Waals surface area contributed by atoms with Crippen molar-refractivity contribution in [3.63, 3.8) is 0 Å². The lowest BCUT2D eigenvalue weighted by Gasteiger charge is -2.10. The van der Waals surface area contributed by atoms with Crippen molar-refractivity contribution in [3.05, 3.63) is 83.9 Å². The highest BCUT2D eigenvalue weighted by Crippen LogP contribution is 2.32. The summed E-state index contributed by atoms with van der Waals surface area (Å²) in [7, 11) is -9.62. The third kappa shape index (κ3) is 5.98. The molecule has 0 spiro atoms. The second kappa shape index (κ2) is 9.70. The van der Waals surface area contributed by atoms with Gasteiger partial charge in [-0.2, -0.15) is 16.8 Å². The van der Waals surface area contributed by atoms with Crippen LogP contribution < -0.4 is 0 Å². The van der Waals surface area contributed by atoms with Crippen LogP contribution in [0.5, 0.6) is 0 Å². The van der Waals surface area contributed by atoms with Gasteiger partial charge in [0, 0.05) is 5.56 Å². The van der Waals surface area contributed by atoms with Gasteiger partial charge in [0.2, 0.25) is 0 Å². The fraction of sp³-hybridized carbons (Fsp3) is 0. The lowest BCUT2D eigenvalue weighted by molar-refractivity contribution is 0.0651. The molecule has 0 amide bonds. The Kier molecular flexibility index (Phi) is 7.48. The van der Waals surface area contributed by atoms with Crippen LogP contribution in [0.2, 0.25) is 0 Å². The molecule has 0 aromatic heterocycles. The number of carboxylic acid groups (broad SMARTS) is 2. The molecule has 0 unspecified atom stereocenters. The van der Waals surface area contributed by atoms with Crippen molar-refractivity contribution in [3.8, 4) is 11.1 Å². The second-order valence-corrected chi connectivity index (χ2v) is 8.85. The molecular formula is C20H16O10S2. The van der Waals surface area contributed by atoms with Gasteiger partial charge in [0.05, 0.1) is 11.1 Å². The molecule has 0 aliphatic heterocycles. The zero-order chi connectivity index (χ0) is 24.1. The fourth-order valence-corrected chi connectivity index (χ4v) is 4.70. The highest BCUT2D eigenvalue weighted by atomic mass is 32.2. The maximum Gasteiger partial charge on any atom is 0.336 e. The van der Waals surface area contributed by atoms with E-state index < -0.39 is 42.0 Å². The van der Waals surface area contributed by atoms with Gasteiger partial charge in [0.25, 0.3) is 20.2 Å². The molecule has 3 aromatic carbocycles. The molecular weight excluding hydrogens is 464 g/mol. The standard InChI is InChI=1S/C12H10O6S2.C8H6O4/c13-19(14,15)11-8-4-7-10(12(11)20(16,17)18)9-5-2-1-3-6-9;9-7(10)5-3-1-2-4-6(5)8(11)12/h1-8H,(H,13,14,15)(H,16,17,18);1-4H,(H,9,10)(H,11,12). The first-order chi connectivity index (χ1) is 14.8. The third-order valence-electron chi connectivity index (χ3n) is 3.99. The number of aromatic carboxylic acids is 2. The van der Waals surface area contributed by atoms with E-state index in [1.807, 2.05) is 0 Å². The van der Waals surface area contributed by atoms with Crippen molar-refractivity contribution < 1.29 is 45.7 Å². The van der Waals surface area contributed by atoms with Crippen molar-refractivity contribution in [2.75, 3.05) is 0 Å². The Morgan fingerprint density at radius 2 is 1.06 bits per heavy atom. The quantitative estimate of drug-likeness (QED) is 0.396. The van der Waals surface area contributed by atoms with E-state index in [4.69, 9.17) is 14.8 Å². The summed E-state index contributed by atoms with van der Waals surface area (Å²) in [6.45, 7) is 0. The molecule has 12 heteroatoms. The Hall–Kier alpha value is -3.58. The summed E-state index contributed by atoms with van der Waals surface area (Å²) in [5.74, 6) is -2.46. The van der Waals surface area contributed by atoms with Crippen molar-refractivity contribution in [1.82, 2.24) is 0 Å². The molecule has 0 heterocycles. The molecule has 0 atom stereocenters. The SMILES string of the molecule is O=C(O)c1ccccc1C(=O)O.O=S(=O)(O)c1cccc(-c2ccccc2)c1S(=O)(=O)O. The first kappa shape index (κ1) is 24.7. The first-order valence-corrected chi connectivity index (χ1v) is 11.4. The zero-order valence-electron chi connectivity index (χ0n) is 16.0. The Morgan fingerprint density at radius 1 is 0.594 bits per heavy atom. The van der Waals surface area contributed by atoms with Gasteiger partial charge in [-0.3, -0.25) is 9.11 Å². The minimum atomic E-state index is -4.83. The van der Waals surface area contributed by atoms with Crippen LogP contribution in [-0.4, -0.2) is 48.1 Å². The molecule has 3 rings (SSSR count). The predicted molar refractivity (Wildman–Crippen MR) is 112 cm³/mol. The van der Waals surface area contributed by atoms with E-state index in [0.717, 1.165) is 6.07 Å². The molecule has 0 bridgehead atoms. The third-order valence-corrected chi connectivity index (χ3v) is 5.97. The summed E-state index contributed by atoms with van der Waals surface area (Å²) in [6.07, 6.45) is 0. The second-order valence-electron chi connectivity index (χ2n) is 6.10. The molecule has 168 valence electrons. The van der Waals surface area contributed by atoms with Gasteiger partial charge >= 0.3 is 11.9 Å². The fourth-order valence-electron chi connectivity index (χ4n) is 2.69. The summed E-state index contributed by atoms with van der Waals surface area (Å²) in [5, 5.41) is 17.1. The molecule has 32 heavy (non-hydrogen) atoms. The molecule has 0 radical (unpaired) electrons. The van der Waals surface area contributed by atoms with E-state index in [2.05, 4.69) is 0 Å². The van der Waals surface area contributed by atoms with Crippen LogP contribution in [-0.2, 0) is 20.2 Å². The summed E-state index contributed by atoms with van der Waals surface area (Å²) < 4.78 is 63.9. The molecule has 0 saturated heterocycles. The molecule has 0 saturated carbocycles. The first-order valence-electron chi connectivity index (χ1n) is 8.53. The van der Waals surface area contributed by atoms with Gasteiger partial charge in [0.15, 0.2) is 0 Å². The van der Waals surface area contributed by atoms with E-state index in [1.165, 1.54) is 36.4 Å². The summed E-state index contributed by atoms with van der Waals surface area (Å²) in [4.78, 5) is 19.2. The summed E-state index contributed by atoms with van der Waals surface area (Å²) >= 11 is 0. The van der Waals surface area contributed by atoms with Gasteiger partial charge in [-0.25, -0.2) is 9.59 Å². The van der Waals surface area contributed by atoms with Gasteiger partial charge in [0.1, 0.15) is 9.79 Å². The molecule has 3 aromatic rings. The van der Waals surface area contributed by atoms with Gasteiger partial charge < -0.3 is 10.2 Å². The van der Waals surface area contributed by atoms with Gasteiger partial charge in [-0.1, -0.05) is 54.6 Å². The number of rotatable bonds is 5. The van der Waals surface area contributed by atoms with Crippen LogP contribution in [0.3, 0.4) is 0 Å². The minimum Gasteiger partial charge on any atom is -0.478 e. The van der Waals surface area contributed by atoms with E-state index in [0.29, 0.717) is 5.56 Å². The largest absolute Gasteiger partial charge is 0.478 e. The van der Waals surface area contributed by atoms with Crippen molar-refractivity contribution in [2.24, 2.45) is 0 Å².